The zero-order chi connectivity index (χ0) is 20.3. The second kappa shape index (κ2) is 8.54. The van der Waals surface area contributed by atoms with Crippen molar-refractivity contribution in [2.24, 2.45) is 0 Å². The molecule has 6 nitrogen and oxygen atoms in total. The van der Waals surface area contributed by atoms with Gasteiger partial charge in [-0.2, -0.15) is 0 Å². The lowest BCUT2D eigenvalue weighted by Crippen LogP contribution is -2.36. The lowest BCUT2D eigenvalue weighted by atomic mass is 9.82. The molecule has 1 unspecified atom stereocenters. The molecule has 0 spiro atoms. The minimum absolute atomic E-state index is 0.165. The Hall–Kier alpha value is -2.70. The van der Waals surface area contributed by atoms with E-state index >= 15 is 0 Å². The molecular formula is C22H27N3O3. The highest BCUT2D eigenvalue weighted by Gasteiger charge is 2.33. The molecule has 1 aliphatic carbocycles. The molecular weight excluding hydrogens is 354 g/mol. The van der Waals surface area contributed by atoms with E-state index in [-0.39, 0.29) is 11.6 Å². The molecule has 0 fully saturated rings. The van der Waals surface area contributed by atoms with Crippen LogP contribution in [0, 0.1) is 0 Å². The zero-order valence-electron chi connectivity index (χ0n) is 16.6. The van der Waals surface area contributed by atoms with E-state index in [1.165, 1.54) is 0 Å². The van der Waals surface area contributed by atoms with E-state index in [0.29, 0.717) is 46.7 Å². The summed E-state index contributed by atoms with van der Waals surface area (Å²) in [7, 11) is 1.73. The van der Waals surface area contributed by atoms with E-state index in [1.807, 2.05) is 0 Å². The van der Waals surface area contributed by atoms with Crippen LogP contribution in [0.25, 0.3) is 0 Å². The summed E-state index contributed by atoms with van der Waals surface area (Å²) in [6.07, 6.45) is -0.582. The molecule has 28 heavy (non-hydrogen) atoms. The molecule has 0 aromatic heterocycles. The monoisotopic (exact) mass is 381 g/mol. The van der Waals surface area contributed by atoms with Gasteiger partial charge in [-0.3, -0.25) is 9.59 Å². The molecule has 0 bridgehead atoms. The Morgan fingerprint density at radius 3 is 2.00 bits per heavy atom. The molecule has 6 heteroatoms. The Bertz CT molecular complexity index is 891. The van der Waals surface area contributed by atoms with Crippen LogP contribution >= 0.6 is 0 Å². The number of fused-ring (bicyclic) bond motifs is 2. The maximum atomic E-state index is 13.2. The first kappa shape index (κ1) is 20.0. The fraction of sp³-hybridized carbons (Fsp3) is 0.364. The quantitative estimate of drug-likeness (QED) is 0.557. The van der Waals surface area contributed by atoms with E-state index < -0.39 is 6.10 Å². The van der Waals surface area contributed by atoms with Crippen LogP contribution in [0.2, 0.25) is 0 Å². The Morgan fingerprint density at radius 1 is 0.929 bits per heavy atom. The van der Waals surface area contributed by atoms with Gasteiger partial charge in [0.05, 0.1) is 17.2 Å². The number of hydrogen-bond acceptors (Lipinski definition) is 6. The molecule has 0 saturated carbocycles. The predicted molar refractivity (Wildman–Crippen MR) is 112 cm³/mol. The Balaban J connectivity index is 1.93. The Morgan fingerprint density at radius 2 is 1.46 bits per heavy atom. The summed E-state index contributed by atoms with van der Waals surface area (Å²) < 4.78 is 0. The average Bonchev–Trinajstić information content (AvgIpc) is 2.73. The second-order valence-corrected chi connectivity index (χ2v) is 6.89. The van der Waals surface area contributed by atoms with Gasteiger partial charge in [-0.15, -0.1) is 0 Å². The smallest absolute Gasteiger partial charge is 0.196 e. The van der Waals surface area contributed by atoms with Gasteiger partial charge in [0, 0.05) is 42.6 Å². The standard InChI is InChI=1S/C22H27N3O3/c1-4-25(5-2)13-14(26)12-24-18-11-10-17(23-3)19-20(18)22(28)16-9-7-6-8-15(16)21(19)27/h6-11,14,23-24,26H,4-5,12-13H2,1-3H3. The van der Waals surface area contributed by atoms with Gasteiger partial charge in [0.2, 0.25) is 0 Å². The molecule has 3 N–H and O–H groups in total. The van der Waals surface area contributed by atoms with Crippen LogP contribution in [0.5, 0.6) is 0 Å². The van der Waals surface area contributed by atoms with E-state index in [9.17, 15) is 14.7 Å². The van der Waals surface area contributed by atoms with Crippen molar-refractivity contribution < 1.29 is 14.7 Å². The van der Waals surface area contributed by atoms with Gasteiger partial charge in [0.15, 0.2) is 11.6 Å². The van der Waals surface area contributed by atoms with Gasteiger partial charge >= 0.3 is 0 Å². The number of aliphatic hydroxyl groups is 1. The summed E-state index contributed by atoms with van der Waals surface area (Å²) in [5, 5.41) is 16.6. The largest absolute Gasteiger partial charge is 0.390 e. The molecule has 3 rings (SSSR count). The number of ketones is 2. The third-order valence-corrected chi connectivity index (χ3v) is 5.24. The maximum absolute atomic E-state index is 13.2. The number of likely N-dealkylation sites (N-methyl/N-ethyl adjacent to an activating group) is 1. The van der Waals surface area contributed by atoms with Gasteiger partial charge < -0.3 is 20.6 Å². The van der Waals surface area contributed by atoms with E-state index in [2.05, 4.69) is 29.4 Å². The van der Waals surface area contributed by atoms with Crippen molar-refractivity contribution in [3.05, 3.63) is 58.7 Å². The minimum atomic E-state index is -0.582. The van der Waals surface area contributed by atoms with Gasteiger partial charge in [-0.05, 0) is 25.2 Å². The number of nitrogens with one attached hydrogen (secondary N) is 2. The highest BCUT2D eigenvalue weighted by molar-refractivity contribution is 6.31. The highest BCUT2D eigenvalue weighted by Crippen LogP contribution is 2.36. The van der Waals surface area contributed by atoms with Crippen LogP contribution < -0.4 is 10.6 Å². The van der Waals surface area contributed by atoms with Crippen molar-refractivity contribution in [3.63, 3.8) is 0 Å². The summed E-state index contributed by atoms with van der Waals surface area (Å²) >= 11 is 0. The van der Waals surface area contributed by atoms with Crippen molar-refractivity contribution in [1.29, 1.82) is 0 Å². The van der Waals surface area contributed by atoms with Crippen LogP contribution in [0.1, 0.15) is 45.7 Å². The number of carbonyl (C=O) groups is 2. The number of hydrogen-bond donors (Lipinski definition) is 3. The Kier molecular flexibility index (Phi) is 6.11. The third-order valence-electron chi connectivity index (χ3n) is 5.24. The summed E-state index contributed by atoms with van der Waals surface area (Å²) in [5.41, 5.74) is 2.78. The lowest BCUT2D eigenvalue weighted by Gasteiger charge is -2.25. The van der Waals surface area contributed by atoms with E-state index in [0.717, 1.165) is 13.1 Å². The molecule has 1 aliphatic rings. The summed E-state index contributed by atoms with van der Waals surface area (Å²) in [5.74, 6) is -0.343. The first-order valence-corrected chi connectivity index (χ1v) is 9.69. The summed E-state index contributed by atoms with van der Waals surface area (Å²) in [6.45, 7) is 6.68. The van der Waals surface area contributed by atoms with Crippen LogP contribution in [0.15, 0.2) is 36.4 Å². The van der Waals surface area contributed by atoms with Crippen molar-refractivity contribution in [3.8, 4) is 0 Å². The summed E-state index contributed by atoms with van der Waals surface area (Å²) in [6, 6.07) is 10.5. The number of aliphatic hydroxyl groups excluding tert-OH is 1. The lowest BCUT2D eigenvalue weighted by molar-refractivity contribution is 0.0980. The molecule has 0 saturated heterocycles. The van der Waals surface area contributed by atoms with Crippen LogP contribution in [-0.2, 0) is 0 Å². The third kappa shape index (κ3) is 3.66. The number of nitrogens with zero attached hydrogens (tertiary/aromatic N) is 1. The van der Waals surface area contributed by atoms with E-state index in [1.54, 1.807) is 43.4 Å². The predicted octanol–water partition coefficient (Wildman–Crippen LogP) is 2.62. The number of rotatable bonds is 8. The van der Waals surface area contributed by atoms with Gasteiger partial charge in [0.25, 0.3) is 0 Å². The second-order valence-electron chi connectivity index (χ2n) is 6.89. The van der Waals surface area contributed by atoms with Crippen molar-refractivity contribution in [1.82, 2.24) is 4.90 Å². The Labute approximate surface area is 165 Å². The SMILES string of the molecule is CCN(CC)CC(O)CNc1ccc(NC)c2c1C(=O)c1ccccc1C2=O. The molecule has 0 radical (unpaired) electrons. The molecule has 0 heterocycles. The minimum Gasteiger partial charge on any atom is -0.390 e. The molecule has 0 aliphatic heterocycles. The number of carbonyl (C=O) groups excluding carboxylic acids is 2. The summed E-state index contributed by atoms with van der Waals surface area (Å²) in [4.78, 5) is 28.4. The van der Waals surface area contributed by atoms with Gasteiger partial charge in [-0.1, -0.05) is 38.1 Å². The van der Waals surface area contributed by atoms with Crippen molar-refractivity contribution >= 4 is 22.9 Å². The normalized spacial score (nSPS) is 13.9. The van der Waals surface area contributed by atoms with Crippen molar-refractivity contribution in [2.75, 3.05) is 43.9 Å². The first-order valence-electron chi connectivity index (χ1n) is 9.69. The first-order chi connectivity index (χ1) is 13.5. The van der Waals surface area contributed by atoms with Gasteiger partial charge in [-0.25, -0.2) is 0 Å². The molecule has 148 valence electrons. The fourth-order valence-corrected chi connectivity index (χ4v) is 3.65. The van der Waals surface area contributed by atoms with Crippen LogP contribution in [-0.4, -0.2) is 60.9 Å². The van der Waals surface area contributed by atoms with E-state index in [4.69, 9.17) is 0 Å². The van der Waals surface area contributed by atoms with Gasteiger partial charge in [0.1, 0.15) is 0 Å². The van der Waals surface area contributed by atoms with Crippen LogP contribution in [0.4, 0.5) is 11.4 Å². The zero-order valence-corrected chi connectivity index (χ0v) is 16.6. The topological polar surface area (TPSA) is 81.7 Å². The highest BCUT2D eigenvalue weighted by atomic mass is 16.3. The molecule has 0 amide bonds. The fourth-order valence-electron chi connectivity index (χ4n) is 3.65. The number of anilines is 2. The number of benzene rings is 2. The molecule has 2 aromatic rings. The molecule has 1 atom stereocenters. The molecule has 2 aromatic carbocycles. The van der Waals surface area contributed by atoms with Crippen LogP contribution in [0.3, 0.4) is 0 Å². The average molecular weight is 381 g/mol. The van der Waals surface area contributed by atoms with Crippen molar-refractivity contribution in [2.45, 2.75) is 20.0 Å². The maximum Gasteiger partial charge on any atom is 0.196 e.